The molecular weight excluding hydrogens is 362 g/mol. The van der Waals surface area contributed by atoms with Crippen LogP contribution in [0.4, 0.5) is 17.1 Å². The van der Waals surface area contributed by atoms with Gasteiger partial charge in [0.1, 0.15) is 5.75 Å². The van der Waals surface area contributed by atoms with Crippen molar-refractivity contribution in [2.75, 3.05) is 16.8 Å². The summed E-state index contributed by atoms with van der Waals surface area (Å²) in [6, 6.07) is 26.5. The normalized spacial score (nSPS) is 10.3. The van der Waals surface area contributed by atoms with Crippen LogP contribution in [0.15, 0.2) is 78.9 Å². The largest absolute Gasteiger partial charge is 0.484 e. The van der Waals surface area contributed by atoms with Gasteiger partial charge in [0.05, 0.1) is 11.6 Å². The van der Waals surface area contributed by atoms with Gasteiger partial charge in [0.2, 0.25) is 0 Å². The van der Waals surface area contributed by atoms with Gasteiger partial charge >= 0.3 is 0 Å². The van der Waals surface area contributed by atoms with Gasteiger partial charge < -0.3 is 15.0 Å². The minimum absolute atomic E-state index is 0.0236. The van der Waals surface area contributed by atoms with Crippen LogP contribution in [-0.2, 0) is 4.79 Å². The lowest BCUT2D eigenvalue weighted by molar-refractivity contribution is -0.120. The topological polar surface area (TPSA) is 65.4 Å². The van der Waals surface area contributed by atoms with Crippen molar-refractivity contribution >= 4 is 23.0 Å². The summed E-state index contributed by atoms with van der Waals surface area (Å²) in [7, 11) is 0. The van der Waals surface area contributed by atoms with E-state index in [1.54, 1.807) is 29.2 Å². The molecule has 146 valence electrons. The van der Waals surface area contributed by atoms with E-state index in [1.165, 1.54) is 0 Å². The molecule has 0 aliphatic carbocycles. The lowest BCUT2D eigenvalue weighted by Crippen LogP contribution is -2.40. The van der Waals surface area contributed by atoms with Crippen molar-refractivity contribution in [3.8, 4) is 11.8 Å². The summed E-state index contributed by atoms with van der Waals surface area (Å²) in [6.45, 7) is 3.83. The zero-order valence-corrected chi connectivity index (χ0v) is 16.5. The SMILES string of the molecule is CC(C)N(C(=O)COc1cccc(C#N)c1)c1ccc(Nc2ccccc2)cc1. The summed E-state index contributed by atoms with van der Waals surface area (Å²) in [5, 5.41) is 12.3. The number of nitrogens with one attached hydrogen (secondary N) is 1. The standard InChI is InChI=1S/C24H23N3O2/c1-18(2)27(24(28)17-29-23-10-6-7-19(15-23)16-25)22-13-11-21(12-14-22)26-20-8-4-3-5-9-20/h3-15,18,26H,17H2,1-2H3. The Hall–Kier alpha value is -3.78. The van der Waals surface area contributed by atoms with Gasteiger partial charge in [-0.05, 0) is 68.4 Å². The molecule has 0 bridgehead atoms. The molecule has 0 aliphatic rings. The van der Waals surface area contributed by atoms with Crippen molar-refractivity contribution in [2.45, 2.75) is 19.9 Å². The molecule has 29 heavy (non-hydrogen) atoms. The number of benzene rings is 3. The van der Waals surface area contributed by atoms with E-state index in [0.29, 0.717) is 11.3 Å². The molecule has 0 unspecified atom stereocenters. The second-order valence-corrected chi connectivity index (χ2v) is 6.82. The van der Waals surface area contributed by atoms with Crippen molar-refractivity contribution in [2.24, 2.45) is 0 Å². The highest BCUT2D eigenvalue weighted by Gasteiger charge is 2.19. The van der Waals surface area contributed by atoms with Gasteiger partial charge in [-0.1, -0.05) is 24.3 Å². The van der Waals surface area contributed by atoms with Crippen molar-refractivity contribution in [3.63, 3.8) is 0 Å². The average Bonchev–Trinajstić information content (AvgIpc) is 2.74. The van der Waals surface area contributed by atoms with E-state index in [0.717, 1.165) is 17.1 Å². The van der Waals surface area contributed by atoms with Gasteiger partial charge in [-0.3, -0.25) is 4.79 Å². The first-order chi connectivity index (χ1) is 14.1. The van der Waals surface area contributed by atoms with Crippen LogP contribution in [0.2, 0.25) is 0 Å². The molecule has 1 N–H and O–H groups in total. The first-order valence-electron chi connectivity index (χ1n) is 9.44. The summed E-state index contributed by atoms with van der Waals surface area (Å²) < 4.78 is 5.61. The van der Waals surface area contributed by atoms with E-state index in [-0.39, 0.29) is 18.6 Å². The van der Waals surface area contributed by atoms with Crippen LogP contribution >= 0.6 is 0 Å². The highest BCUT2D eigenvalue weighted by atomic mass is 16.5. The number of rotatable bonds is 7. The number of ether oxygens (including phenoxy) is 1. The van der Waals surface area contributed by atoms with E-state index < -0.39 is 0 Å². The van der Waals surface area contributed by atoms with Crippen molar-refractivity contribution < 1.29 is 9.53 Å². The van der Waals surface area contributed by atoms with Crippen LogP contribution in [0.1, 0.15) is 19.4 Å². The van der Waals surface area contributed by atoms with Crippen molar-refractivity contribution in [1.29, 1.82) is 5.26 Å². The fourth-order valence-corrected chi connectivity index (χ4v) is 2.99. The number of carbonyl (C=O) groups excluding carboxylic acids is 1. The highest BCUT2D eigenvalue weighted by molar-refractivity contribution is 5.95. The molecule has 0 saturated carbocycles. The van der Waals surface area contributed by atoms with Crippen molar-refractivity contribution in [1.82, 2.24) is 0 Å². The third-order valence-corrected chi connectivity index (χ3v) is 4.32. The molecule has 5 nitrogen and oxygen atoms in total. The Bertz CT molecular complexity index is 993. The minimum atomic E-state index is -0.147. The Morgan fingerprint density at radius 3 is 2.34 bits per heavy atom. The molecule has 0 aromatic heterocycles. The molecule has 3 rings (SSSR count). The van der Waals surface area contributed by atoms with Gasteiger partial charge in [0.25, 0.3) is 5.91 Å². The second kappa shape index (κ2) is 9.43. The number of nitriles is 1. The maximum absolute atomic E-state index is 12.8. The molecule has 0 heterocycles. The number of amides is 1. The van der Waals surface area contributed by atoms with E-state index in [2.05, 4.69) is 11.4 Å². The number of anilines is 3. The summed E-state index contributed by atoms with van der Waals surface area (Å²) in [6.07, 6.45) is 0. The first-order valence-corrected chi connectivity index (χ1v) is 9.44. The number of nitrogens with zero attached hydrogens (tertiary/aromatic N) is 2. The fraction of sp³-hybridized carbons (Fsp3) is 0.167. The third-order valence-electron chi connectivity index (χ3n) is 4.32. The van der Waals surface area contributed by atoms with Crippen LogP contribution in [0, 0.1) is 11.3 Å². The van der Waals surface area contributed by atoms with E-state index in [1.807, 2.05) is 68.4 Å². The van der Waals surface area contributed by atoms with E-state index >= 15 is 0 Å². The summed E-state index contributed by atoms with van der Waals surface area (Å²) in [5.41, 5.74) is 3.25. The van der Waals surface area contributed by atoms with E-state index in [9.17, 15) is 4.79 Å². The van der Waals surface area contributed by atoms with Crippen molar-refractivity contribution in [3.05, 3.63) is 84.4 Å². The number of carbonyl (C=O) groups is 1. The van der Waals surface area contributed by atoms with E-state index in [4.69, 9.17) is 10.00 Å². The van der Waals surface area contributed by atoms with Gasteiger partial charge in [-0.2, -0.15) is 5.26 Å². The van der Waals surface area contributed by atoms with Gasteiger partial charge in [0, 0.05) is 23.1 Å². The lowest BCUT2D eigenvalue weighted by Gasteiger charge is -2.27. The van der Waals surface area contributed by atoms with Crippen LogP contribution in [0.3, 0.4) is 0 Å². The molecule has 1 amide bonds. The van der Waals surface area contributed by atoms with Crippen LogP contribution in [-0.4, -0.2) is 18.6 Å². The molecule has 0 radical (unpaired) electrons. The molecule has 3 aromatic carbocycles. The van der Waals surface area contributed by atoms with Crippen LogP contribution in [0.5, 0.6) is 5.75 Å². The minimum Gasteiger partial charge on any atom is -0.484 e. The smallest absolute Gasteiger partial charge is 0.265 e. The predicted molar refractivity (Wildman–Crippen MR) is 115 cm³/mol. The fourth-order valence-electron chi connectivity index (χ4n) is 2.99. The molecule has 5 heteroatoms. The quantitative estimate of drug-likeness (QED) is 0.613. The molecule has 0 aliphatic heterocycles. The zero-order valence-electron chi connectivity index (χ0n) is 16.5. The summed E-state index contributed by atoms with van der Waals surface area (Å²) in [5.74, 6) is 0.356. The molecule has 0 spiro atoms. The molecule has 0 saturated heterocycles. The van der Waals surface area contributed by atoms with Gasteiger partial charge in [-0.15, -0.1) is 0 Å². The summed E-state index contributed by atoms with van der Waals surface area (Å²) >= 11 is 0. The Kier molecular flexibility index (Phi) is 6.49. The highest BCUT2D eigenvalue weighted by Crippen LogP contribution is 2.23. The van der Waals surface area contributed by atoms with Crippen LogP contribution < -0.4 is 15.0 Å². The molecule has 0 fully saturated rings. The Labute approximate surface area is 171 Å². The predicted octanol–water partition coefficient (Wildman–Crippen LogP) is 5.12. The molecule has 0 atom stereocenters. The maximum Gasteiger partial charge on any atom is 0.265 e. The number of para-hydroxylation sites is 1. The zero-order chi connectivity index (χ0) is 20.6. The van der Waals surface area contributed by atoms with Gasteiger partial charge in [0.15, 0.2) is 6.61 Å². The summed E-state index contributed by atoms with van der Waals surface area (Å²) in [4.78, 5) is 14.5. The number of hydrogen-bond acceptors (Lipinski definition) is 4. The Morgan fingerprint density at radius 1 is 1.00 bits per heavy atom. The first kappa shape index (κ1) is 20.0. The lowest BCUT2D eigenvalue weighted by atomic mass is 10.2. The number of hydrogen-bond donors (Lipinski definition) is 1. The van der Waals surface area contributed by atoms with Gasteiger partial charge in [-0.25, -0.2) is 0 Å². The Morgan fingerprint density at radius 2 is 1.69 bits per heavy atom. The maximum atomic E-state index is 12.8. The monoisotopic (exact) mass is 385 g/mol. The average molecular weight is 385 g/mol. The van der Waals surface area contributed by atoms with Crippen LogP contribution in [0.25, 0.3) is 0 Å². The second-order valence-electron chi connectivity index (χ2n) is 6.82. The Balaban J connectivity index is 1.68. The third kappa shape index (κ3) is 5.36. The molecule has 3 aromatic rings. The molecular formula is C24H23N3O2.